The predicted molar refractivity (Wildman–Crippen MR) is 99.6 cm³/mol. The van der Waals surface area contributed by atoms with Gasteiger partial charge in [0, 0.05) is 6.42 Å². The second-order valence-corrected chi connectivity index (χ2v) is 9.36. The molecule has 5 unspecified atom stereocenters. The molecule has 1 aromatic rings. The lowest BCUT2D eigenvalue weighted by molar-refractivity contribution is -0.123. The minimum Gasteiger partial charge on any atom is -0.274 e. The third kappa shape index (κ3) is 2.53. The van der Waals surface area contributed by atoms with E-state index in [9.17, 15) is 18.0 Å². The molecule has 8 nitrogen and oxygen atoms in total. The Morgan fingerprint density at radius 1 is 1.07 bits per heavy atom. The van der Waals surface area contributed by atoms with Crippen molar-refractivity contribution in [2.75, 3.05) is 4.90 Å². The Bertz CT molecular complexity index is 1000. The summed E-state index contributed by atoms with van der Waals surface area (Å²) >= 11 is 0. The van der Waals surface area contributed by atoms with Crippen molar-refractivity contribution in [3.63, 3.8) is 0 Å². The third-order valence-corrected chi connectivity index (χ3v) is 7.28. The number of anilines is 1. The summed E-state index contributed by atoms with van der Waals surface area (Å²) in [4.78, 5) is 32.0. The summed E-state index contributed by atoms with van der Waals surface area (Å²) in [6.45, 7) is 1.80. The van der Waals surface area contributed by atoms with Crippen LogP contribution in [0, 0.1) is 23.7 Å². The van der Waals surface area contributed by atoms with Crippen LogP contribution in [0.25, 0.3) is 0 Å². The molecule has 2 heterocycles. The van der Waals surface area contributed by atoms with E-state index < -0.39 is 10.0 Å². The molecule has 2 bridgehead atoms. The Hall–Kier alpha value is -2.52. The summed E-state index contributed by atoms with van der Waals surface area (Å²) in [5.74, 6) is -0.434. The molecule has 3 fully saturated rings. The Morgan fingerprint density at radius 2 is 1.68 bits per heavy atom. The molecular weight excluding hydrogens is 382 g/mol. The number of fused-ring (bicyclic) bond motifs is 5. The Balaban J connectivity index is 1.40. The highest BCUT2D eigenvalue weighted by molar-refractivity contribution is 7.90. The number of allylic oxidation sites excluding steroid dienone is 2. The molecule has 9 heteroatoms. The van der Waals surface area contributed by atoms with Crippen LogP contribution in [0.4, 0.5) is 5.69 Å². The first-order chi connectivity index (χ1) is 13.3. The van der Waals surface area contributed by atoms with Crippen LogP contribution in [-0.2, 0) is 24.4 Å². The summed E-state index contributed by atoms with van der Waals surface area (Å²) in [5.41, 5.74) is 2.90. The maximum atomic E-state index is 12.8. The van der Waals surface area contributed by atoms with E-state index >= 15 is 0 Å². The van der Waals surface area contributed by atoms with E-state index in [0.29, 0.717) is 12.1 Å². The number of imide groups is 1. The minimum atomic E-state index is -3.91. The molecular formula is C19H19N3O5S. The molecule has 4 aliphatic rings. The summed E-state index contributed by atoms with van der Waals surface area (Å²) in [6, 6.07) is 5.71. The quantitative estimate of drug-likeness (QED) is 0.606. The van der Waals surface area contributed by atoms with E-state index in [-0.39, 0.29) is 52.3 Å². The number of nitrogens with one attached hydrogen (secondary N) is 1. The maximum Gasteiger partial charge on any atom is 0.284 e. The Kier molecular flexibility index (Phi) is 3.76. The molecule has 0 radical (unpaired) electrons. The zero-order chi connectivity index (χ0) is 19.6. The number of carbonyl (C=O) groups excluding carboxylic acids is 2. The zero-order valence-electron chi connectivity index (χ0n) is 15.1. The van der Waals surface area contributed by atoms with Gasteiger partial charge in [0.2, 0.25) is 11.8 Å². The number of nitrogens with zero attached hydrogens (tertiary/aromatic N) is 2. The van der Waals surface area contributed by atoms with Gasteiger partial charge in [0.15, 0.2) is 0 Å². The fourth-order valence-corrected chi connectivity index (χ4v) is 5.69. The van der Waals surface area contributed by atoms with Gasteiger partial charge < -0.3 is 0 Å². The molecule has 1 N–H and O–H groups in total. The van der Waals surface area contributed by atoms with Gasteiger partial charge in [0.1, 0.15) is 5.84 Å². The monoisotopic (exact) mass is 401 g/mol. The molecule has 2 amide bonds. The lowest BCUT2D eigenvalue weighted by atomic mass is 9.85. The van der Waals surface area contributed by atoms with E-state index in [4.69, 9.17) is 4.84 Å². The van der Waals surface area contributed by atoms with Gasteiger partial charge in [-0.2, -0.15) is 8.42 Å². The summed E-state index contributed by atoms with van der Waals surface area (Å²) in [7, 11) is -3.91. The zero-order valence-corrected chi connectivity index (χ0v) is 15.9. The van der Waals surface area contributed by atoms with Gasteiger partial charge in [-0.1, -0.05) is 12.2 Å². The van der Waals surface area contributed by atoms with Crippen molar-refractivity contribution in [3.05, 3.63) is 36.4 Å². The maximum absolute atomic E-state index is 12.8. The van der Waals surface area contributed by atoms with Gasteiger partial charge in [-0.15, -0.1) is 4.40 Å². The summed E-state index contributed by atoms with van der Waals surface area (Å²) < 4.78 is 28.7. The first-order valence-corrected chi connectivity index (χ1v) is 10.7. The summed E-state index contributed by atoms with van der Waals surface area (Å²) in [5, 5.41) is 0. The third-order valence-electron chi connectivity index (χ3n) is 5.95. The van der Waals surface area contributed by atoms with Crippen LogP contribution in [0.5, 0.6) is 0 Å². The van der Waals surface area contributed by atoms with E-state index in [0.717, 1.165) is 6.42 Å². The number of amidine groups is 1. The molecule has 5 atom stereocenters. The number of carbonyl (C=O) groups is 2. The van der Waals surface area contributed by atoms with Gasteiger partial charge in [-0.3, -0.25) is 24.8 Å². The van der Waals surface area contributed by atoms with Gasteiger partial charge in [0.05, 0.1) is 28.5 Å². The number of amides is 2. The molecule has 5 rings (SSSR count). The predicted octanol–water partition coefficient (Wildman–Crippen LogP) is 1.40. The van der Waals surface area contributed by atoms with E-state index in [2.05, 4.69) is 9.88 Å². The number of sulfonamides is 1. The first-order valence-electron chi connectivity index (χ1n) is 9.27. The Labute approximate surface area is 162 Å². The van der Waals surface area contributed by atoms with E-state index in [1.807, 2.05) is 12.2 Å². The number of hydroxylamine groups is 1. The van der Waals surface area contributed by atoms with E-state index in [1.54, 1.807) is 6.92 Å². The standard InChI is InChI=1S/C19H19N3O5S/c1-10-8-15(20-27-10)21-28(25,26)14-6-4-13(5-7-14)22-18(23)16-11-2-3-12(9-11)17(16)19(22)24/h2-7,10-12,16-17H,8-9H2,1H3,(H,20,21). The van der Waals surface area contributed by atoms with Crippen LogP contribution in [0.2, 0.25) is 0 Å². The van der Waals surface area contributed by atoms with Crippen LogP contribution >= 0.6 is 0 Å². The molecule has 1 saturated carbocycles. The van der Waals surface area contributed by atoms with Crippen LogP contribution in [-0.4, -0.2) is 32.2 Å². The molecule has 2 aliphatic heterocycles. The first kappa shape index (κ1) is 17.6. The van der Waals surface area contributed by atoms with Gasteiger partial charge >= 0.3 is 0 Å². The molecule has 146 valence electrons. The highest BCUT2D eigenvalue weighted by Gasteiger charge is 2.59. The van der Waals surface area contributed by atoms with Crippen LogP contribution in [0.15, 0.2) is 45.7 Å². The molecule has 1 aromatic carbocycles. The number of hydrogen-bond donors (Lipinski definition) is 1. The van der Waals surface area contributed by atoms with Crippen molar-refractivity contribution in [1.82, 2.24) is 5.48 Å². The minimum absolute atomic E-state index is 0.00821. The number of benzene rings is 1. The summed E-state index contributed by atoms with van der Waals surface area (Å²) in [6.07, 6.45) is 5.18. The smallest absolute Gasteiger partial charge is 0.274 e. The number of hydrogen-bond acceptors (Lipinski definition) is 5. The topological polar surface area (TPSA) is 105 Å². The second kappa shape index (κ2) is 5.99. The van der Waals surface area contributed by atoms with Gasteiger partial charge in [-0.05, 0) is 49.4 Å². The van der Waals surface area contributed by atoms with Crippen molar-refractivity contribution >= 4 is 33.4 Å². The second-order valence-electron chi connectivity index (χ2n) is 7.75. The van der Waals surface area contributed by atoms with Crippen molar-refractivity contribution in [2.45, 2.75) is 30.8 Å². The average molecular weight is 401 g/mol. The molecule has 2 aliphatic carbocycles. The molecule has 0 aromatic heterocycles. The lowest BCUT2D eigenvalue weighted by Gasteiger charge is -2.17. The van der Waals surface area contributed by atoms with Crippen LogP contribution in [0.1, 0.15) is 19.8 Å². The van der Waals surface area contributed by atoms with E-state index in [1.165, 1.54) is 29.2 Å². The highest BCUT2D eigenvalue weighted by Crippen LogP contribution is 2.53. The van der Waals surface area contributed by atoms with Crippen LogP contribution in [0.3, 0.4) is 0 Å². The fraction of sp³-hybridized carbons (Fsp3) is 0.421. The van der Waals surface area contributed by atoms with Gasteiger partial charge in [0.25, 0.3) is 10.0 Å². The van der Waals surface area contributed by atoms with Crippen molar-refractivity contribution < 1.29 is 22.8 Å². The average Bonchev–Trinajstić information content (AvgIpc) is 3.41. The lowest BCUT2D eigenvalue weighted by Crippen LogP contribution is -2.32. The number of rotatable bonds is 3. The van der Waals surface area contributed by atoms with Crippen molar-refractivity contribution in [2.24, 2.45) is 28.1 Å². The van der Waals surface area contributed by atoms with Crippen LogP contribution < -0.4 is 10.4 Å². The molecule has 28 heavy (non-hydrogen) atoms. The molecule has 2 saturated heterocycles. The normalized spacial score (nSPS) is 35.1. The van der Waals surface area contributed by atoms with Crippen molar-refractivity contribution in [1.29, 1.82) is 0 Å². The highest BCUT2D eigenvalue weighted by atomic mass is 32.2. The SMILES string of the molecule is CC1C/C(=N/S(=O)(=O)c2ccc(N3C(=O)C4C5C=CC(C5)C4C3=O)cc2)NO1. The molecule has 0 spiro atoms. The largest absolute Gasteiger partial charge is 0.284 e. The van der Waals surface area contributed by atoms with Crippen molar-refractivity contribution in [3.8, 4) is 0 Å². The van der Waals surface area contributed by atoms with Gasteiger partial charge in [-0.25, -0.2) is 0 Å². The fourth-order valence-electron chi connectivity index (χ4n) is 4.70. The Morgan fingerprint density at radius 3 is 2.21 bits per heavy atom.